The Bertz CT molecular complexity index is 745. The number of para-hydroxylation sites is 2. The molecule has 2 saturated heterocycles. The minimum atomic E-state index is -0.0143. The van der Waals surface area contributed by atoms with Gasteiger partial charge in [-0.25, -0.2) is 0 Å². The molecule has 2 fully saturated rings. The lowest BCUT2D eigenvalue weighted by Crippen LogP contribution is -2.43. The zero-order valence-electron chi connectivity index (χ0n) is 13.4. The van der Waals surface area contributed by atoms with Gasteiger partial charge in [0.25, 0.3) is 5.91 Å². The average molecular weight is 323 g/mol. The number of nitrogens with two attached hydrogens (primary N) is 1. The predicted octanol–water partition coefficient (Wildman–Crippen LogP) is 2.50. The van der Waals surface area contributed by atoms with E-state index < -0.39 is 0 Å². The van der Waals surface area contributed by atoms with Gasteiger partial charge in [-0.2, -0.15) is 0 Å². The number of anilines is 1. The molecule has 2 bridgehead atoms. The number of carbonyl (C=O) groups excluding carboxylic acids is 1. The lowest BCUT2D eigenvalue weighted by Gasteiger charge is -2.23. The number of hydrogen-bond donors (Lipinski definition) is 2. The van der Waals surface area contributed by atoms with Crippen molar-refractivity contribution in [2.24, 2.45) is 5.92 Å². The number of nitrogens with one attached hydrogen (secondary N) is 1. The number of fused-ring (bicyclic) bond motifs is 2. The van der Waals surface area contributed by atoms with E-state index in [-0.39, 0.29) is 11.9 Å². The average Bonchev–Trinajstić information content (AvgIpc) is 3.20. The molecular weight excluding hydrogens is 302 g/mol. The summed E-state index contributed by atoms with van der Waals surface area (Å²) in [6.45, 7) is 3.27. The van der Waals surface area contributed by atoms with Crippen LogP contribution in [-0.2, 0) is 0 Å². The van der Waals surface area contributed by atoms with Crippen LogP contribution in [0, 0.1) is 5.92 Å². The highest BCUT2D eigenvalue weighted by Gasteiger charge is 2.38. The maximum absolute atomic E-state index is 12.4. The molecule has 1 amide bonds. The second-order valence-electron chi connectivity index (χ2n) is 6.55. The Balaban J connectivity index is 1.40. The number of nitrogens with zero attached hydrogens (tertiary/aromatic N) is 1. The molecule has 2 aliphatic rings. The van der Waals surface area contributed by atoms with Crippen LogP contribution >= 0.6 is 0 Å². The van der Waals surface area contributed by atoms with Crippen molar-refractivity contribution in [1.29, 1.82) is 0 Å². The van der Waals surface area contributed by atoms with Gasteiger partial charge in [0.1, 0.15) is 11.5 Å². The molecule has 0 radical (unpaired) electrons. The van der Waals surface area contributed by atoms with Crippen molar-refractivity contribution in [1.82, 2.24) is 10.2 Å². The second-order valence-corrected chi connectivity index (χ2v) is 6.55. The lowest BCUT2D eigenvalue weighted by molar-refractivity contribution is 0.0924. The Hall–Kier alpha value is -2.53. The minimum absolute atomic E-state index is 0.0143. The van der Waals surface area contributed by atoms with Gasteiger partial charge in [0.05, 0.1) is 5.69 Å². The molecule has 24 heavy (non-hydrogen) atoms. The van der Waals surface area contributed by atoms with Crippen LogP contribution in [0.2, 0.25) is 0 Å². The maximum Gasteiger partial charge on any atom is 0.251 e. The van der Waals surface area contributed by atoms with Crippen LogP contribution in [0.1, 0.15) is 16.8 Å². The number of ether oxygens (including phenoxy) is 1. The molecule has 4 rings (SSSR count). The standard InChI is InChI=1S/C19H21N3O2/c20-16-3-1-2-4-18(16)24-15-7-5-13(6-8-15)19(23)21-17-12-22-10-9-14(17)11-22/h1-8,14,17H,9-12,20H2,(H,21,23)/t14-,17?/m0/s1. The quantitative estimate of drug-likeness (QED) is 0.848. The molecule has 2 unspecified atom stereocenters. The summed E-state index contributed by atoms with van der Waals surface area (Å²) in [4.78, 5) is 14.8. The van der Waals surface area contributed by atoms with E-state index in [4.69, 9.17) is 10.5 Å². The first-order valence-corrected chi connectivity index (χ1v) is 8.35. The highest BCUT2D eigenvalue weighted by molar-refractivity contribution is 5.94. The molecule has 5 heteroatoms. The summed E-state index contributed by atoms with van der Waals surface area (Å²) in [6.07, 6.45) is 1.19. The predicted molar refractivity (Wildman–Crippen MR) is 93.2 cm³/mol. The van der Waals surface area contributed by atoms with E-state index in [1.165, 1.54) is 13.0 Å². The normalized spacial score (nSPS) is 24.8. The monoisotopic (exact) mass is 323 g/mol. The Morgan fingerprint density at radius 3 is 2.58 bits per heavy atom. The van der Waals surface area contributed by atoms with E-state index in [1.807, 2.05) is 18.2 Å². The number of rotatable bonds is 4. The van der Waals surface area contributed by atoms with Crippen LogP contribution in [-0.4, -0.2) is 36.5 Å². The van der Waals surface area contributed by atoms with Crippen LogP contribution in [0.5, 0.6) is 11.5 Å². The number of nitrogen functional groups attached to an aromatic ring is 1. The van der Waals surface area contributed by atoms with E-state index in [0.29, 0.717) is 28.7 Å². The van der Waals surface area contributed by atoms with Crippen molar-refractivity contribution < 1.29 is 9.53 Å². The van der Waals surface area contributed by atoms with Crippen LogP contribution in [0.15, 0.2) is 48.5 Å². The number of carbonyl (C=O) groups is 1. The first-order chi connectivity index (χ1) is 11.7. The van der Waals surface area contributed by atoms with Gasteiger partial charge in [0.15, 0.2) is 0 Å². The summed E-state index contributed by atoms with van der Waals surface area (Å²) in [5.41, 5.74) is 7.12. The smallest absolute Gasteiger partial charge is 0.251 e. The molecule has 2 aromatic carbocycles. The first kappa shape index (κ1) is 15.0. The Morgan fingerprint density at radius 1 is 1.12 bits per heavy atom. The topological polar surface area (TPSA) is 67.6 Å². The van der Waals surface area contributed by atoms with E-state index in [9.17, 15) is 4.79 Å². The van der Waals surface area contributed by atoms with E-state index in [2.05, 4.69) is 10.2 Å². The van der Waals surface area contributed by atoms with Crippen molar-refractivity contribution >= 4 is 11.6 Å². The van der Waals surface area contributed by atoms with Gasteiger partial charge >= 0.3 is 0 Å². The third-order valence-electron chi connectivity index (χ3n) is 4.91. The van der Waals surface area contributed by atoms with Crippen LogP contribution in [0.4, 0.5) is 5.69 Å². The van der Waals surface area contributed by atoms with Gasteiger partial charge in [-0.05, 0) is 55.3 Å². The summed E-state index contributed by atoms with van der Waals surface area (Å²) in [5, 5.41) is 3.16. The molecule has 124 valence electrons. The van der Waals surface area contributed by atoms with Gasteiger partial charge in [0.2, 0.25) is 0 Å². The van der Waals surface area contributed by atoms with Gasteiger partial charge in [0, 0.05) is 24.7 Å². The number of amides is 1. The molecule has 2 heterocycles. The molecule has 5 nitrogen and oxygen atoms in total. The summed E-state index contributed by atoms with van der Waals surface area (Å²) in [7, 11) is 0. The molecular formula is C19H21N3O2. The van der Waals surface area contributed by atoms with Crippen molar-refractivity contribution in [2.45, 2.75) is 12.5 Å². The molecule has 0 aromatic heterocycles. The van der Waals surface area contributed by atoms with Gasteiger partial charge in [-0.1, -0.05) is 12.1 Å². The second kappa shape index (κ2) is 6.17. The van der Waals surface area contributed by atoms with Crippen molar-refractivity contribution in [3.8, 4) is 11.5 Å². The molecule has 0 saturated carbocycles. The number of hydrogen-bond acceptors (Lipinski definition) is 4. The third kappa shape index (κ3) is 2.95. The molecule has 2 aromatic rings. The van der Waals surface area contributed by atoms with Crippen molar-refractivity contribution in [3.05, 3.63) is 54.1 Å². The fourth-order valence-corrected chi connectivity index (χ4v) is 3.57. The maximum atomic E-state index is 12.4. The van der Waals surface area contributed by atoms with E-state index in [0.717, 1.165) is 13.1 Å². The minimum Gasteiger partial charge on any atom is -0.455 e. The Morgan fingerprint density at radius 2 is 1.92 bits per heavy atom. The van der Waals surface area contributed by atoms with Gasteiger partial charge < -0.3 is 20.7 Å². The van der Waals surface area contributed by atoms with E-state index >= 15 is 0 Å². The van der Waals surface area contributed by atoms with Crippen molar-refractivity contribution in [3.63, 3.8) is 0 Å². The van der Waals surface area contributed by atoms with Crippen LogP contribution in [0.3, 0.4) is 0 Å². The van der Waals surface area contributed by atoms with Gasteiger partial charge in [-0.3, -0.25) is 4.79 Å². The molecule has 3 N–H and O–H groups in total. The van der Waals surface area contributed by atoms with Gasteiger partial charge in [-0.15, -0.1) is 0 Å². The van der Waals surface area contributed by atoms with Crippen molar-refractivity contribution in [2.75, 3.05) is 25.4 Å². The largest absolute Gasteiger partial charge is 0.455 e. The first-order valence-electron chi connectivity index (χ1n) is 8.35. The summed E-state index contributed by atoms with van der Waals surface area (Å²) >= 11 is 0. The number of piperidine rings is 1. The summed E-state index contributed by atoms with van der Waals surface area (Å²) in [5.74, 6) is 1.87. The highest BCUT2D eigenvalue weighted by atomic mass is 16.5. The summed E-state index contributed by atoms with van der Waals surface area (Å²) in [6, 6.07) is 14.8. The molecule has 0 aliphatic carbocycles. The SMILES string of the molecule is Nc1ccccc1Oc1ccc(C(=O)NC2CN3CC[C@H]2C3)cc1. The van der Waals surface area contributed by atoms with Crippen LogP contribution < -0.4 is 15.8 Å². The zero-order valence-corrected chi connectivity index (χ0v) is 13.4. The fourth-order valence-electron chi connectivity index (χ4n) is 3.57. The zero-order chi connectivity index (χ0) is 16.5. The number of benzene rings is 2. The van der Waals surface area contributed by atoms with Crippen LogP contribution in [0.25, 0.3) is 0 Å². The molecule has 2 aliphatic heterocycles. The molecule has 0 spiro atoms. The third-order valence-corrected chi connectivity index (χ3v) is 4.91. The van der Waals surface area contributed by atoms with E-state index in [1.54, 1.807) is 30.3 Å². The highest BCUT2D eigenvalue weighted by Crippen LogP contribution is 2.29. The summed E-state index contributed by atoms with van der Waals surface area (Å²) < 4.78 is 5.75. The molecule has 3 atom stereocenters. The Kier molecular flexibility index (Phi) is 3.86. The lowest BCUT2D eigenvalue weighted by atomic mass is 9.99. The fraction of sp³-hybridized carbons (Fsp3) is 0.316. The Labute approximate surface area is 141 Å².